The number of imidazole rings is 1. The van der Waals surface area contributed by atoms with E-state index in [1.54, 1.807) is 0 Å². The van der Waals surface area contributed by atoms with Crippen LogP contribution in [0.25, 0.3) is 11.0 Å². The average Bonchev–Trinajstić information content (AvgIpc) is 2.75. The van der Waals surface area contributed by atoms with Crippen molar-refractivity contribution in [3.63, 3.8) is 0 Å². The lowest BCUT2D eigenvalue weighted by Crippen LogP contribution is -2.40. The molecule has 1 aromatic heterocycles. The number of rotatable bonds is 1. The van der Waals surface area contributed by atoms with Gasteiger partial charge in [-0.15, -0.1) is 0 Å². The van der Waals surface area contributed by atoms with Gasteiger partial charge in [-0.2, -0.15) is 0 Å². The van der Waals surface area contributed by atoms with Crippen LogP contribution >= 0.6 is 0 Å². The molecular weight excluding hydrogens is 212 g/mol. The van der Waals surface area contributed by atoms with Crippen molar-refractivity contribution in [2.75, 3.05) is 13.6 Å². The molecule has 0 aliphatic carbocycles. The number of hydrogen-bond donors (Lipinski definition) is 2. The van der Waals surface area contributed by atoms with E-state index in [2.05, 4.69) is 28.0 Å². The predicted molar refractivity (Wildman–Crippen MR) is 68.7 cm³/mol. The van der Waals surface area contributed by atoms with Gasteiger partial charge in [0.25, 0.3) is 0 Å². The van der Waals surface area contributed by atoms with Crippen LogP contribution in [0.1, 0.15) is 24.7 Å². The van der Waals surface area contributed by atoms with Crippen LogP contribution in [0.2, 0.25) is 0 Å². The molecule has 1 saturated heterocycles. The lowest BCUT2D eigenvalue weighted by molar-refractivity contribution is 0.165. The summed E-state index contributed by atoms with van der Waals surface area (Å²) < 4.78 is 0. The molecule has 0 spiro atoms. The third-order valence-corrected chi connectivity index (χ3v) is 3.63. The minimum atomic E-state index is 0.296. The zero-order valence-corrected chi connectivity index (χ0v) is 10.1. The van der Waals surface area contributed by atoms with Gasteiger partial charge in [0.1, 0.15) is 5.82 Å². The smallest absolute Gasteiger partial charge is 0.124 e. The third-order valence-electron chi connectivity index (χ3n) is 3.63. The zero-order valence-electron chi connectivity index (χ0n) is 10.1. The van der Waals surface area contributed by atoms with Gasteiger partial charge in [0.15, 0.2) is 0 Å². The normalized spacial score (nSPS) is 26.5. The number of nitrogens with two attached hydrogens (primary N) is 1. The van der Waals surface area contributed by atoms with E-state index in [1.165, 1.54) is 0 Å². The first kappa shape index (κ1) is 10.7. The molecule has 0 saturated carbocycles. The average molecular weight is 230 g/mol. The van der Waals surface area contributed by atoms with Gasteiger partial charge >= 0.3 is 0 Å². The maximum atomic E-state index is 6.05. The molecule has 1 fully saturated rings. The fraction of sp³-hybridized carbons (Fsp3) is 0.462. The standard InChI is InChI=1S/C13H18N4/c1-17-7-6-9(14)8-12(17)13-15-10-4-2-3-5-11(10)16-13/h2-5,9,12H,6-8,14H2,1H3,(H,15,16)/t9?,12-/m1/s1. The minimum Gasteiger partial charge on any atom is -0.341 e. The minimum absolute atomic E-state index is 0.296. The Morgan fingerprint density at radius 1 is 1.41 bits per heavy atom. The van der Waals surface area contributed by atoms with Crippen LogP contribution < -0.4 is 5.73 Å². The molecule has 1 unspecified atom stereocenters. The van der Waals surface area contributed by atoms with Crippen molar-refractivity contribution in [3.05, 3.63) is 30.1 Å². The fourth-order valence-electron chi connectivity index (χ4n) is 2.56. The number of piperidine rings is 1. The molecule has 0 amide bonds. The van der Waals surface area contributed by atoms with Gasteiger partial charge in [-0.3, -0.25) is 4.90 Å². The monoisotopic (exact) mass is 230 g/mol. The van der Waals surface area contributed by atoms with Crippen LogP contribution in [0, 0.1) is 0 Å². The Balaban J connectivity index is 1.96. The summed E-state index contributed by atoms with van der Waals surface area (Å²) >= 11 is 0. The van der Waals surface area contributed by atoms with E-state index in [-0.39, 0.29) is 0 Å². The van der Waals surface area contributed by atoms with Crippen molar-refractivity contribution < 1.29 is 0 Å². The van der Waals surface area contributed by atoms with Crippen molar-refractivity contribution in [2.24, 2.45) is 5.73 Å². The van der Waals surface area contributed by atoms with Gasteiger partial charge < -0.3 is 10.7 Å². The molecule has 0 bridgehead atoms. The van der Waals surface area contributed by atoms with E-state index >= 15 is 0 Å². The number of fused-ring (bicyclic) bond motifs is 1. The summed E-state index contributed by atoms with van der Waals surface area (Å²) in [7, 11) is 2.14. The number of nitrogens with one attached hydrogen (secondary N) is 1. The second-order valence-corrected chi connectivity index (χ2v) is 4.92. The number of aromatic nitrogens is 2. The van der Waals surface area contributed by atoms with Crippen LogP contribution in [0.3, 0.4) is 0 Å². The summed E-state index contributed by atoms with van der Waals surface area (Å²) in [5, 5.41) is 0. The maximum Gasteiger partial charge on any atom is 0.124 e. The highest BCUT2D eigenvalue weighted by Crippen LogP contribution is 2.28. The highest BCUT2D eigenvalue weighted by Gasteiger charge is 2.27. The molecule has 2 heterocycles. The molecule has 2 aromatic rings. The first-order valence-electron chi connectivity index (χ1n) is 6.14. The largest absolute Gasteiger partial charge is 0.341 e. The summed E-state index contributed by atoms with van der Waals surface area (Å²) in [6, 6.07) is 8.77. The van der Waals surface area contributed by atoms with E-state index in [0.29, 0.717) is 12.1 Å². The van der Waals surface area contributed by atoms with Crippen LogP contribution in [0.15, 0.2) is 24.3 Å². The Labute approximate surface area is 101 Å². The first-order chi connectivity index (χ1) is 8.24. The Kier molecular flexibility index (Phi) is 2.61. The molecule has 0 radical (unpaired) electrons. The number of likely N-dealkylation sites (tertiary alicyclic amines) is 1. The van der Waals surface area contributed by atoms with Gasteiger partial charge in [0, 0.05) is 12.6 Å². The maximum absolute atomic E-state index is 6.05. The lowest BCUT2D eigenvalue weighted by Gasteiger charge is -2.34. The van der Waals surface area contributed by atoms with E-state index in [9.17, 15) is 0 Å². The van der Waals surface area contributed by atoms with Crippen molar-refractivity contribution in [2.45, 2.75) is 24.9 Å². The SMILES string of the molecule is CN1CCC(N)C[C@@H]1c1nc2ccccc2[nH]1. The second-order valence-electron chi connectivity index (χ2n) is 4.92. The number of hydrogen-bond acceptors (Lipinski definition) is 3. The fourth-order valence-corrected chi connectivity index (χ4v) is 2.56. The summed E-state index contributed by atoms with van der Waals surface area (Å²) in [6.45, 7) is 1.04. The molecule has 4 nitrogen and oxygen atoms in total. The van der Waals surface area contributed by atoms with Crippen molar-refractivity contribution >= 4 is 11.0 Å². The van der Waals surface area contributed by atoms with E-state index in [1.807, 2.05) is 18.2 Å². The molecule has 90 valence electrons. The second kappa shape index (κ2) is 4.13. The molecular formula is C13H18N4. The molecule has 1 aliphatic rings. The van der Waals surface area contributed by atoms with Gasteiger partial charge in [-0.05, 0) is 32.0 Å². The Morgan fingerprint density at radius 3 is 3.06 bits per heavy atom. The van der Waals surface area contributed by atoms with Crippen LogP contribution in [0.4, 0.5) is 0 Å². The van der Waals surface area contributed by atoms with Crippen molar-refractivity contribution in [3.8, 4) is 0 Å². The van der Waals surface area contributed by atoms with Gasteiger partial charge in [0.2, 0.25) is 0 Å². The number of nitrogens with zero attached hydrogens (tertiary/aromatic N) is 2. The van der Waals surface area contributed by atoms with Crippen molar-refractivity contribution in [1.29, 1.82) is 0 Å². The van der Waals surface area contributed by atoms with Crippen molar-refractivity contribution in [1.82, 2.24) is 14.9 Å². The molecule has 1 aliphatic heterocycles. The number of para-hydroxylation sites is 2. The van der Waals surface area contributed by atoms with E-state index < -0.39 is 0 Å². The van der Waals surface area contributed by atoms with Gasteiger partial charge in [0.05, 0.1) is 17.1 Å². The van der Waals surface area contributed by atoms with Crippen LogP contribution in [-0.4, -0.2) is 34.5 Å². The summed E-state index contributed by atoms with van der Waals surface area (Å²) in [4.78, 5) is 10.4. The molecule has 3 rings (SSSR count). The summed E-state index contributed by atoms with van der Waals surface area (Å²) in [5.41, 5.74) is 8.19. The summed E-state index contributed by atoms with van der Waals surface area (Å²) in [5.74, 6) is 1.05. The Morgan fingerprint density at radius 2 is 2.24 bits per heavy atom. The number of H-pyrrole nitrogens is 1. The highest BCUT2D eigenvalue weighted by molar-refractivity contribution is 5.74. The Hall–Kier alpha value is -1.39. The molecule has 3 N–H and O–H groups in total. The first-order valence-corrected chi connectivity index (χ1v) is 6.14. The molecule has 4 heteroatoms. The number of benzene rings is 1. The third kappa shape index (κ3) is 1.94. The highest BCUT2D eigenvalue weighted by atomic mass is 15.2. The molecule has 2 atom stereocenters. The van der Waals surface area contributed by atoms with E-state index in [4.69, 9.17) is 5.73 Å². The van der Waals surface area contributed by atoms with Gasteiger partial charge in [-0.1, -0.05) is 12.1 Å². The Bertz CT molecular complexity index is 486. The molecule has 1 aromatic carbocycles. The van der Waals surface area contributed by atoms with E-state index in [0.717, 1.165) is 36.2 Å². The van der Waals surface area contributed by atoms with Crippen LogP contribution in [-0.2, 0) is 0 Å². The van der Waals surface area contributed by atoms with Crippen LogP contribution in [0.5, 0.6) is 0 Å². The topological polar surface area (TPSA) is 57.9 Å². The van der Waals surface area contributed by atoms with Gasteiger partial charge in [-0.25, -0.2) is 4.98 Å². The molecule has 17 heavy (non-hydrogen) atoms. The lowest BCUT2D eigenvalue weighted by atomic mass is 9.98. The predicted octanol–water partition coefficient (Wildman–Crippen LogP) is 1.66. The summed E-state index contributed by atoms with van der Waals surface area (Å²) in [6.07, 6.45) is 2.06. The zero-order chi connectivity index (χ0) is 11.8. The number of aromatic amines is 1. The quantitative estimate of drug-likeness (QED) is 0.783.